The molecule has 0 saturated heterocycles. The Labute approximate surface area is 153 Å². The van der Waals surface area contributed by atoms with Gasteiger partial charge in [0.2, 0.25) is 0 Å². The molecule has 0 aliphatic carbocycles. The number of phosphoric acid groups is 1. The van der Waals surface area contributed by atoms with Crippen molar-refractivity contribution in [3.63, 3.8) is 0 Å². The molecule has 152 valence electrons. The summed E-state index contributed by atoms with van der Waals surface area (Å²) in [7, 11) is -6.69. The Morgan fingerprint density at radius 1 is 0.720 bits per heavy atom. The fraction of sp³-hybridized carbons (Fsp3) is 1.00. The van der Waals surface area contributed by atoms with Crippen LogP contribution in [0.3, 0.4) is 0 Å². The Hall–Kier alpha value is 0.130. The van der Waals surface area contributed by atoms with Crippen LogP contribution in [0.4, 0.5) is 0 Å². The molecule has 0 unspecified atom stereocenters. The van der Waals surface area contributed by atoms with Crippen molar-refractivity contribution >= 4 is 16.1 Å². The summed E-state index contributed by atoms with van der Waals surface area (Å²) in [5.41, 5.74) is 0. The van der Waals surface area contributed by atoms with Gasteiger partial charge in [-0.1, -0.05) is 78.1 Å². The van der Waals surface area contributed by atoms with Crippen molar-refractivity contribution in [2.75, 3.05) is 13.2 Å². The maximum atomic E-state index is 11.6. The van der Waals surface area contributed by atoms with Gasteiger partial charge in [-0.15, -0.1) is 9.79 Å². The molecular formula is C16H37O7P2+. The third-order valence-corrected chi connectivity index (χ3v) is 4.52. The van der Waals surface area contributed by atoms with E-state index in [0.717, 1.165) is 25.7 Å². The smallest absolute Gasteiger partial charge is 0.302 e. The molecule has 7 nitrogen and oxygen atoms in total. The average molecular weight is 403 g/mol. The Bertz CT molecular complexity index is 314. The second kappa shape index (κ2) is 20.4. The summed E-state index contributed by atoms with van der Waals surface area (Å²) in [6, 6.07) is 0. The highest BCUT2D eigenvalue weighted by Gasteiger charge is 2.19. The zero-order chi connectivity index (χ0) is 19.4. The molecule has 0 bridgehead atoms. The predicted molar refractivity (Wildman–Crippen MR) is 101 cm³/mol. The zero-order valence-corrected chi connectivity index (χ0v) is 17.6. The molecule has 0 spiro atoms. The molecule has 3 N–H and O–H groups in total. The number of rotatable bonds is 16. The summed E-state index contributed by atoms with van der Waals surface area (Å²) in [6.07, 6.45) is 13.6. The third-order valence-electron chi connectivity index (χ3n) is 3.50. The molecule has 0 aromatic rings. The minimum Gasteiger partial charge on any atom is -0.302 e. The van der Waals surface area contributed by atoms with Crippen LogP contribution in [0.5, 0.6) is 0 Å². The second-order valence-electron chi connectivity index (χ2n) is 5.92. The summed E-state index contributed by atoms with van der Waals surface area (Å²) in [6.45, 7) is 5.01. The first-order valence-corrected chi connectivity index (χ1v) is 12.0. The van der Waals surface area contributed by atoms with Crippen LogP contribution in [0.2, 0.25) is 0 Å². The first kappa shape index (κ1) is 27.3. The van der Waals surface area contributed by atoms with Crippen LogP contribution in [-0.2, 0) is 18.2 Å². The molecule has 0 rings (SSSR count). The first-order chi connectivity index (χ1) is 11.9. The molecular weight excluding hydrogens is 366 g/mol. The predicted octanol–water partition coefficient (Wildman–Crippen LogP) is 5.47. The van der Waals surface area contributed by atoms with E-state index in [1.54, 1.807) is 0 Å². The normalized spacial score (nSPS) is 11.1. The van der Waals surface area contributed by atoms with Crippen LogP contribution in [0.15, 0.2) is 0 Å². The topological polar surface area (TPSA) is 113 Å². The van der Waals surface area contributed by atoms with Gasteiger partial charge in [0.15, 0.2) is 0 Å². The van der Waals surface area contributed by atoms with Crippen molar-refractivity contribution < 1.29 is 32.9 Å². The highest BCUT2D eigenvalue weighted by Crippen LogP contribution is 2.43. The van der Waals surface area contributed by atoms with Crippen LogP contribution in [0, 0.1) is 0 Å². The molecule has 0 aromatic carbocycles. The van der Waals surface area contributed by atoms with Crippen LogP contribution in [0.1, 0.15) is 90.9 Å². The van der Waals surface area contributed by atoms with Gasteiger partial charge in [-0.25, -0.2) is 4.57 Å². The summed E-state index contributed by atoms with van der Waals surface area (Å²) in [5.74, 6) is 0. The number of hydrogen-bond donors (Lipinski definition) is 3. The minimum absolute atomic E-state index is 0.316. The molecule has 25 heavy (non-hydrogen) atoms. The van der Waals surface area contributed by atoms with Crippen molar-refractivity contribution in [1.82, 2.24) is 0 Å². The van der Waals surface area contributed by atoms with Crippen LogP contribution in [-0.4, -0.2) is 27.9 Å². The quantitative estimate of drug-likeness (QED) is 0.231. The monoisotopic (exact) mass is 403 g/mol. The van der Waals surface area contributed by atoms with Gasteiger partial charge in [0, 0.05) is 4.57 Å². The lowest BCUT2D eigenvalue weighted by Crippen LogP contribution is -1.99. The van der Waals surface area contributed by atoms with E-state index in [4.69, 9.17) is 23.4 Å². The molecule has 0 aliphatic heterocycles. The van der Waals surface area contributed by atoms with Gasteiger partial charge in [0.25, 0.3) is 0 Å². The number of hydrogen-bond acceptors (Lipinski definition) is 4. The van der Waals surface area contributed by atoms with E-state index in [1.165, 1.54) is 51.4 Å². The minimum atomic E-state index is -3.82. The lowest BCUT2D eigenvalue weighted by Gasteiger charge is -2.12. The first-order valence-electron chi connectivity index (χ1n) is 9.32. The van der Waals surface area contributed by atoms with Gasteiger partial charge in [-0.05, 0) is 12.8 Å². The molecule has 0 aliphatic rings. The maximum absolute atomic E-state index is 11.6. The summed E-state index contributed by atoms with van der Waals surface area (Å²) < 4.78 is 30.2. The Kier molecular flexibility index (Phi) is 22.4. The van der Waals surface area contributed by atoms with Gasteiger partial charge < -0.3 is 4.89 Å². The lowest BCUT2D eigenvalue weighted by molar-refractivity contribution is 0.145. The van der Waals surface area contributed by atoms with Crippen molar-refractivity contribution in [1.29, 1.82) is 0 Å². The fourth-order valence-corrected chi connectivity index (χ4v) is 2.96. The third kappa shape index (κ3) is 29.2. The summed E-state index contributed by atoms with van der Waals surface area (Å²) >= 11 is 0. The Balaban J connectivity index is 0. The van der Waals surface area contributed by atoms with Gasteiger partial charge >= 0.3 is 16.1 Å². The molecule has 0 amide bonds. The van der Waals surface area contributed by atoms with E-state index < -0.39 is 16.1 Å². The molecule has 0 aromatic heterocycles. The van der Waals surface area contributed by atoms with Gasteiger partial charge in [-0.2, -0.15) is 0 Å². The van der Waals surface area contributed by atoms with Crippen molar-refractivity contribution in [3.8, 4) is 0 Å². The highest BCUT2D eigenvalue weighted by molar-refractivity contribution is 7.47. The van der Waals surface area contributed by atoms with Crippen molar-refractivity contribution in [3.05, 3.63) is 0 Å². The number of unbranched alkanes of at least 4 members (excludes halogenated alkanes) is 10. The van der Waals surface area contributed by atoms with E-state index in [2.05, 4.69) is 13.8 Å². The van der Waals surface area contributed by atoms with E-state index >= 15 is 0 Å². The van der Waals surface area contributed by atoms with Gasteiger partial charge in [-0.3, -0.25) is 9.05 Å². The standard InChI is InChI=1S/C16H35O4P.HO3P/c1-3-5-7-9-11-13-15-19-21(17,18)20-16-14-12-10-8-6-4-2;1-4(2)3/h3-16H2,1-2H3,(H,17,18);(H-,1,2,3)/p+1. The van der Waals surface area contributed by atoms with Crippen molar-refractivity contribution in [2.45, 2.75) is 90.9 Å². The Morgan fingerprint density at radius 3 is 1.32 bits per heavy atom. The fourth-order valence-electron chi connectivity index (χ4n) is 2.16. The Morgan fingerprint density at radius 2 is 1.00 bits per heavy atom. The van der Waals surface area contributed by atoms with E-state index in [9.17, 15) is 9.46 Å². The SMILES string of the molecule is CCCCCCCCOP(=O)(O)OCCCCCCCC.O=[P+](O)O. The number of phosphoric ester groups is 1. The molecule has 0 fully saturated rings. The van der Waals surface area contributed by atoms with Crippen LogP contribution in [0.25, 0.3) is 0 Å². The zero-order valence-electron chi connectivity index (χ0n) is 15.8. The van der Waals surface area contributed by atoms with Crippen LogP contribution < -0.4 is 0 Å². The molecule has 0 radical (unpaired) electrons. The van der Waals surface area contributed by atoms with Crippen LogP contribution >= 0.6 is 16.1 Å². The van der Waals surface area contributed by atoms with E-state index in [0.29, 0.717) is 13.2 Å². The molecule has 0 saturated carbocycles. The van der Waals surface area contributed by atoms with Crippen molar-refractivity contribution in [2.24, 2.45) is 0 Å². The molecule has 9 heteroatoms. The van der Waals surface area contributed by atoms with E-state index in [1.807, 2.05) is 0 Å². The van der Waals surface area contributed by atoms with Gasteiger partial charge in [0.1, 0.15) is 0 Å². The summed E-state index contributed by atoms with van der Waals surface area (Å²) in [5, 5.41) is 0. The largest absolute Gasteiger partial charge is 0.692 e. The van der Waals surface area contributed by atoms with E-state index in [-0.39, 0.29) is 0 Å². The maximum Gasteiger partial charge on any atom is 0.692 e. The highest BCUT2D eigenvalue weighted by atomic mass is 31.2. The molecule has 0 heterocycles. The second-order valence-corrected chi connectivity index (χ2v) is 7.88. The van der Waals surface area contributed by atoms with Gasteiger partial charge in [0.05, 0.1) is 13.2 Å². The average Bonchev–Trinajstić information content (AvgIpc) is 2.52. The summed E-state index contributed by atoms with van der Waals surface area (Å²) in [4.78, 5) is 23.7. The lowest BCUT2D eigenvalue weighted by atomic mass is 10.1. The molecule has 0 atom stereocenters.